The van der Waals surface area contributed by atoms with Crippen LogP contribution in [0.2, 0.25) is 0 Å². The number of aromatic nitrogens is 2. The predicted molar refractivity (Wildman–Crippen MR) is 150 cm³/mol. The summed E-state index contributed by atoms with van der Waals surface area (Å²) in [6, 6.07) is 16.2. The molecule has 0 aliphatic heterocycles. The largest absolute Gasteiger partial charge is 0.483 e. The second-order valence-electron chi connectivity index (χ2n) is 9.25. The van der Waals surface area contributed by atoms with E-state index in [1.165, 1.54) is 22.9 Å². The molecule has 0 bridgehead atoms. The summed E-state index contributed by atoms with van der Waals surface area (Å²) in [6.45, 7) is 5.65. The third kappa shape index (κ3) is 6.50. The van der Waals surface area contributed by atoms with Gasteiger partial charge in [0.1, 0.15) is 17.4 Å². The van der Waals surface area contributed by atoms with Gasteiger partial charge >= 0.3 is 0 Å². The van der Waals surface area contributed by atoms with E-state index in [2.05, 4.69) is 42.3 Å². The lowest BCUT2D eigenvalue weighted by atomic mass is 9.95. The highest BCUT2D eigenvalue weighted by molar-refractivity contribution is 9.10. The van der Waals surface area contributed by atoms with Gasteiger partial charge in [-0.15, -0.1) is 0 Å². The number of carbonyl (C=O) groups is 1. The molecular formula is C27H23Br2FN4O3. The number of rotatable bonds is 6. The summed E-state index contributed by atoms with van der Waals surface area (Å²) in [7, 11) is 0. The van der Waals surface area contributed by atoms with Crippen LogP contribution in [-0.4, -0.2) is 28.4 Å². The third-order valence-corrected chi connectivity index (χ3v) is 6.34. The van der Waals surface area contributed by atoms with Crippen molar-refractivity contribution in [1.82, 2.24) is 9.66 Å². The fraction of sp³-hybridized carbons (Fsp3) is 0.185. The van der Waals surface area contributed by atoms with Gasteiger partial charge in [0.25, 0.3) is 11.5 Å². The zero-order valence-corrected chi connectivity index (χ0v) is 23.4. The summed E-state index contributed by atoms with van der Waals surface area (Å²) >= 11 is 6.86. The maximum atomic E-state index is 13.3. The minimum Gasteiger partial charge on any atom is -0.483 e. The summed E-state index contributed by atoms with van der Waals surface area (Å²) in [6.07, 6.45) is 1.56. The van der Waals surface area contributed by atoms with Crippen molar-refractivity contribution in [3.05, 3.63) is 97.2 Å². The quantitative estimate of drug-likeness (QED) is 0.255. The Kier molecular flexibility index (Phi) is 7.89. The Morgan fingerprint density at radius 3 is 2.62 bits per heavy atom. The minimum atomic E-state index is -0.442. The van der Waals surface area contributed by atoms with E-state index >= 15 is 0 Å². The molecule has 7 nitrogen and oxygen atoms in total. The van der Waals surface area contributed by atoms with Crippen molar-refractivity contribution in [1.29, 1.82) is 0 Å². The molecule has 4 aromatic rings. The molecule has 4 rings (SSSR count). The van der Waals surface area contributed by atoms with Crippen molar-refractivity contribution < 1.29 is 13.9 Å². The summed E-state index contributed by atoms with van der Waals surface area (Å²) in [5.41, 5.74) is 0.956. The van der Waals surface area contributed by atoms with E-state index in [1.807, 2.05) is 26.8 Å². The molecule has 0 spiro atoms. The lowest BCUT2D eigenvalue weighted by Gasteiger charge is -2.20. The van der Waals surface area contributed by atoms with Crippen LogP contribution < -0.4 is 15.6 Å². The van der Waals surface area contributed by atoms with Crippen molar-refractivity contribution in [3.8, 4) is 5.75 Å². The number of benzene rings is 3. The van der Waals surface area contributed by atoms with Gasteiger partial charge in [0.15, 0.2) is 6.61 Å². The van der Waals surface area contributed by atoms with Gasteiger partial charge in [-0.3, -0.25) is 9.59 Å². The SMILES string of the molecule is CC(C)(C)c1nc2ccc(Br)cc2c(=O)n1N=Cc1ccc(OCC(=O)Nc2cccc(F)c2)c(Br)c1. The molecule has 0 saturated heterocycles. The van der Waals surface area contributed by atoms with E-state index in [-0.39, 0.29) is 12.2 Å². The number of ether oxygens (including phenoxy) is 1. The molecule has 0 saturated carbocycles. The minimum absolute atomic E-state index is 0.259. The first-order chi connectivity index (χ1) is 17.5. The van der Waals surface area contributed by atoms with E-state index in [4.69, 9.17) is 9.72 Å². The molecule has 0 atom stereocenters. The van der Waals surface area contributed by atoms with E-state index in [9.17, 15) is 14.0 Å². The lowest BCUT2D eigenvalue weighted by molar-refractivity contribution is -0.118. The van der Waals surface area contributed by atoms with Crippen LogP contribution in [0, 0.1) is 5.82 Å². The number of halogens is 3. The number of amides is 1. The number of nitrogens with one attached hydrogen (secondary N) is 1. The lowest BCUT2D eigenvalue weighted by Crippen LogP contribution is -2.29. The van der Waals surface area contributed by atoms with Crippen molar-refractivity contribution in [2.24, 2.45) is 5.10 Å². The van der Waals surface area contributed by atoms with Crippen molar-refractivity contribution in [3.63, 3.8) is 0 Å². The molecule has 37 heavy (non-hydrogen) atoms. The summed E-state index contributed by atoms with van der Waals surface area (Å²) in [4.78, 5) is 30.2. The monoisotopic (exact) mass is 628 g/mol. The Morgan fingerprint density at radius 1 is 1.14 bits per heavy atom. The average Bonchev–Trinajstić information content (AvgIpc) is 2.82. The first kappa shape index (κ1) is 26.7. The topological polar surface area (TPSA) is 85.6 Å². The zero-order valence-electron chi connectivity index (χ0n) is 20.3. The summed E-state index contributed by atoms with van der Waals surface area (Å²) in [5.74, 6) is 0.110. The number of fused-ring (bicyclic) bond motifs is 1. The fourth-order valence-electron chi connectivity index (χ4n) is 3.49. The van der Waals surface area contributed by atoms with Crippen LogP contribution in [0.1, 0.15) is 32.2 Å². The molecule has 190 valence electrons. The van der Waals surface area contributed by atoms with E-state index < -0.39 is 17.1 Å². The summed E-state index contributed by atoms with van der Waals surface area (Å²) < 4.78 is 21.6. The van der Waals surface area contributed by atoms with Crippen molar-refractivity contribution in [2.45, 2.75) is 26.2 Å². The number of anilines is 1. The zero-order chi connectivity index (χ0) is 26.7. The highest BCUT2D eigenvalue weighted by Gasteiger charge is 2.23. The van der Waals surface area contributed by atoms with Crippen molar-refractivity contribution in [2.75, 3.05) is 11.9 Å². The molecule has 1 heterocycles. The van der Waals surface area contributed by atoms with Crippen LogP contribution in [0.15, 0.2) is 79.5 Å². The highest BCUT2D eigenvalue weighted by Crippen LogP contribution is 2.26. The first-order valence-corrected chi connectivity index (χ1v) is 12.8. The second kappa shape index (κ2) is 10.9. The Morgan fingerprint density at radius 2 is 1.92 bits per heavy atom. The third-order valence-electron chi connectivity index (χ3n) is 5.22. The van der Waals surface area contributed by atoms with Gasteiger partial charge in [-0.2, -0.15) is 9.78 Å². The van der Waals surface area contributed by atoms with Gasteiger partial charge in [-0.1, -0.05) is 42.8 Å². The molecule has 0 aliphatic rings. The van der Waals surface area contributed by atoms with Gasteiger partial charge in [0.2, 0.25) is 0 Å². The first-order valence-electron chi connectivity index (χ1n) is 11.3. The molecule has 0 fully saturated rings. The van der Waals surface area contributed by atoms with Gasteiger partial charge in [-0.25, -0.2) is 9.37 Å². The van der Waals surface area contributed by atoms with Crippen LogP contribution in [-0.2, 0) is 10.2 Å². The standard InChI is InChI=1S/C27H23Br2FN4O3/c1-27(2,3)26-33-22-9-8-17(28)12-20(22)25(36)34(26)31-14-16-7-10-23(21(29)11-16)37-15-24(35)32-19-6-4-5-18(30)13-19/h4-14H,15H2,1-3H3,(H,32,35). The smallest absolute Gasteiger partial charge is 0.282 e. The Labute approximate surface area is 229 Å². The molecular weight excluding hydrogens is 607 g/mol. The Balaban J connectivity index is 1.54. The molecule has 10 heteroatoms. The predicted octanol–water partition coefficient (Wildman–Crippen LogP) is 6.26. The normalized spacial score (nSPS) is 11.7. The van der Waals surface area contributed by atoms with E-state index in [0.717, 1.165) is 4.47 Å². The van der Waals surface area contributed by atoms with Crippen LogP contribution in [0.5, 0.6) is 5.75 Å². The van der Waals surface area contributed by atoms with Crippen LogP contribution in [0.3, 0.4) is 0 Å². The molecule has 1 aromatic heterocycles. The molecule has 1 amide bonds. The number of carbonyl (C=O) groups excluding carboxylic acids is 1. The number of hydrogen-bond donors (Lipinski definition) is 1. The Hall–Kier alpha value is -3.37. The molecule has 3 aromatic carbocycles. The van der Waals surface area contributed by atoms with Crippen molar-refractivity contribution >= 4 is 60.6 Å². The van der Waals surface area contributed by atoms with Gasteiger partial charge < -0.3 is 10.1 Å². The second-order valence-corrected chi connectivity index (χ2v) is 11.0. The number of hydrogen-bond acceptors (Lipinski definition) is 5. The van der Waals surface area contributed by atoms with E-state index in [1.54, 1.807) is 42.6 Å². The van der Waals surface area contributed by atoms with Crippen LogP contribution in [0.25, 0.3) is 10.9 Å². The highest BCUT2D eigenvalue weighted by atomic mass is 79.9. The fourth-order valence-corrected chi connectivity index (χ4v) is 4.36. The van der Waals surface area contributed by atoms with Gasteiger partial charge in [0, 0.05) is 15.6 Å². The molecule has 0 unspecified atom stereocenters. The van der Waals surface area contributed by atoms with Crippen LogP contribution in [0.4, 0.5) is 10.1 Å². The maximum absolute atomic E-state index is 13.3. The maximum Gasteiger partial charge on any atom is 0.282 e. The summed E-state index contributed by atoms with van der Waals surface area (Å²) in [5, 5.41) is 7.50. The molecule has 0 radical (unpaired) electrons. The average molecular weight is 630 g/mol. The number of nitrogens with zero attached hydrogens (tertiary/aromatic N) is 3. The van der Waals surface area contributed by atoms with Gasteiger partial charge in [0.05, 0.1) is 21.6 Å². The van der Waals surface area contributed by atoms with Crippen LogP contribution >= 0.6 is 31.9 Å². The van der Waals surface area contributed by atoms with E-state index in [0.29, 0.717) is 38.2 Å². The van der Waals surface area contributed by atoms with Gasteiger partial charge in [-0.05, 0) is 76.1 Å². The molecule has 1 N–H and O–H groups in total. The Bertz CT molecular complexity index is 1580. The molecule has 0 aliphatic carbocycles.